The van der Waals surface area contributed by atoms with Gasteiger partial charge in [0.05, 0.1) is 16.3 Å². The molecule has 2 saturated carbocycles. The Bertz CT molecular complexity index is 1710. The zero-order chi connectivity index (χ0) is 29.1. The van der Waals surface area contributed by atoms with Gasteiger partial charge in [-0.1, -0.05) is 68.6 Å². The van der Waals surface area contributed by atoms with Crippen molar-refractivity contribution in [1.29, 1.82) is 0 Å². The maximum atomic E-state index is 12.6. The van der Waals surface area contributed by atoms with Gasteiger partial charge in [0.25, 0.3) is 0 Å². The maximum Gasteiger partial charge on any atom is 0.337 e. The number of carbonyl (C=O) groups is 1. The number of thiazole rings is 1. The molecule has 6 heteroatoms. The average molecular weight is 598 g/mol. The van der Waals surface area contributed by atoms with Crippen molar-refractivity contribution in [1.82, 2.24) is 4.98 Å². The number of carboxylic acids is 1. The van der Waals surface area contributed by atoms with Crippen LogP contribution in [0.15, 0.2) is 54.6 Å². The van der Waals surface area contributed by atoms with Crippen LogP contribution in [0.5, 0.6) is 0 Å². The highest BCUT2D eigenvalue weighted by molar-refractivity contribution is 7.22. The summed E-state index contributed by atoms with van der Waals surface area (Å²) in [5.41, 5.74) is 9.69. The number of allylic oxidation sites excluding steroid dienone is 2. The molecule has 4 nitrogen and oxygen atoms in total. The number of benzene rings is 3. The molecule has 0 amide bonds. The molecule has 0 aliphatic heterocycles. The third-order valence-electron chi connectivity index (χ3n) is 9.39. The minimum atomic E-state index is -1.04. The number of hydrogen-bond acceptors (Lipinski definition) is 4. The Morgan fingerprint density at radius 2 is 1.71 bits per heavy atom. The summed E-state index contributed by atoms with van der Waals surface area (Å²) in [6, 6.07) is 16.5. The summed E-state index contributed by atoms with van der Waals surface area (Å²) in [6.45, 7) is 6.65. The average Bonchev–Trinajstić information content (AvgIpc) is 3.61. The van der Waals surface area contributed by atoms with Gasteiger partial charge in [-0.3, -0.25) is 0 Å². The molecular formula is C36H36ClNO3S. The number of aryl methyl sites for hydroxylation is 1. The van der Waals surface area contributed by atoms with Gasteiger partial charge < -0.3 is 9.84 Å². The number of halogens is 1. The van der Waals surface area contributed by atoms with Crippen molar-refractivity contribution in [3.8, 4) is 21.7 Å². The van der Waals surface area contributed by atoms with E-state index >= 15 is 0 Å². The van der Waals surface area contributed by atoms with E-state index in [1.807, 2.05) is 37.3 Å². The third kappa shape index (κ3) is 5.10. The lowest BCUT2D eigenvalue weighted by Crippen LogP contribution is -2.18. The molecule has 216 valence electrons. The number of carboxylic acid groups (broad SMARTS) is 1. The van der Waals surface area contributed by atoms with Crippen molar-refractivity contribution in [3.63, 3.8) is 0 Å². The van der Waals surface area contributed by atoms with E-state index in [1.54, 1.807) is 11.3 Å². The molecule has 0 saturated heterocycles. The van der Waals surface area contributed by atoms with Gasteiger partial charge in [-0.15, -0.1) is 11.3 Å². The van der Waals surface area contributed by atoms with E-state index in [2.05, 4.69) is 38.1 Å². The Hall–Kier alpha value is -2.99. The fraction of sp³-hybridized carbons (Fsp3) is 0.389. The van der Waals surface area contributed by atoms with Crippen molar-refractivity contribution in [2.45, 2.75) is 77.4 Å². The minimum absolute atomic E-state index is 0.000261. The number of hydrogen-bond donors (Lipinski definition) is 1. The highest BCUT2D eigenvalue weighted by Gasteiger charge is 2.35. The molecule has 42 heavy (non-hydrogen) atoms. The van der Waals surface area contributed by atoms with Gasteiger partial charge in [0, 0.05) is 27.6 Å². The molecule has 3 aliphatic carbocycles. The maximum absolute atomic E-state index is 12.6. The van der Waals surface area contributed by atoms with Crippen LogP contribution in [-0.2, 0) is 9.53 Å². The number of rotatable bonds is 7. The molecule has 1 unspecified atom stereocenters. The Kier molecular flexibility index (Phi) is 7.24. The molecule has 1 N–H and O–H groups in total. The lowest BCUT2D eigenvalue weighted by molar-refractivity contribution is -0.151. The van der Waals surface area contributed by atoms with Crippen molar-refractivity contribution >= 4 is 44.7 Å². The second-order valence-electron chi connectivity index (χ2n) is 12.6. The van der Waals surface area contributed by atoms with Crippen LogP contribution in [0.4, 0.5) is 0 Å². The molecule has 0 spiro atoms. The van der Waals surface area contributed by atoms with Crippen LogP contribution in [0, 0.1) is 18.8 Å². The minimum Gasteiger partial charge on any atom is -0.479 e. The largest absolute Gasteiger partial charge is 0.479 e. The number of fused-ring (bicyclic) bond motifs is 2. The zero-order valence-corrected chi connectivity index (χ0v) is 25.9. The SMILES string of the molecule is Cc1cc2nc(-c3ccc4c(c3)C(C3CCC(C)CC3)=CC4C)sc2c(-c2ccc(Cl)cc2)c1[C@H](OC1CC1)C(=O)O. The van der Waals surface area contributed by atoms with Crippen LogP contribution in [0.2, 0.25) is 5.02 Å². The van der Waals surface area contributed by atoms with Crippen molar-refractivity contribution in [2.24, 2.45) is 11.8 Å². The van der Waals surface area contributed by atoms with Crippen LogP contribution in [-0.4, -0.2) is 22.2 Å². The molecule has 2 fully saturated rings. The van der Waals surface area contributed by atoms with E-state index in [0.717, 1.165) is 56.2 Å². The van der Waals surface area contributed by atoms with Gasteiger partial charge in [0.15, 0.2) is 6.10 Å². The fourth-order valence-corrected chi connectivity index (χ4v) is 8.18. The molecule has 7 rings (SSSR count). The standard InChI is InChI=1S/C36H36ClNO3S/c1-19-4-6-22(7-5-19)28-16-20(2)27-15-10-24(18-29(27)28)35-38-30-17-21(3)31(33(36(39)40)41-26-13-14-26)32(34(30)42-35)23-8-11-25(37)12-9-23/h8-12,15-20,22,26,33H,4-7,13-14H2,1-3H3,(H,39,40)/t19?,20?,22?,33-/m0/s1. The molecule has 1 heterocycles. The first-order valence-corrected chi connectivity index (χ1v) is 16.4. The van der Waals surface area contributed by atoms with E-state index in [9.17, 15) is 9.90 Å². The number of ether oxygens (including phenoxy) is 1. The monoisotopic (exact) mass is 597 g/mol. The van der Waals surface area contributed by atoms with Crippen LogP contribution < -0.4 is 0 Å². The van der Waals surface area contributed by atoms with Crippen LogP contribution in [0.3, 0.4) is 0 Å². The first-order chi connectivity index (χ1) is 20.3. The van der Waals surface area contributed by atoms with Crippen molar-refractivity contribution in [2.75, 3.05) is 0 Å². The van der Waals surface area contributed by atoms with E-state index < -0.39 is 12.1 Å². The summed E-state index contributed by atoms with van der Waals surface area (Å²) >= 11 is 7.89. The first kappa shape index (κ1) is 27.8. The molecule has 2 atom stereocenters. The van der Waals surface area contributed by atoms with Gasteiger partial charge in [-0.05, 0) is 96.5 Å². The fourth-order valence-electron chi connectivity index (χ4n) is 6.93. The predicted molar refractivity (Wildman–Crippen MR) is 172 cm³/mol. The van der Waals surface area contributed by atoms with Gasteiger partial charge in [-0.2, -0.15) is 0 Å². The third-order valence-corrected chi connectivity index (χ3v) is 10.8. The van der Waals surface area contributed by atoms with E-state index in [1.165, 1.54) is 42.4 Å². The molecule has 0 bridgehead atoms. The Morgan fingerprint density at radius 3 is 2.40 bits per heavy atom. The second kappa shape index (κ2) is 10.9. The Morgan fingerprint density at radius 1 is 1.00 bits per heavy atom. The molecule has 4 aromatic rings. The summed E-state index contributed by atoms with van der Waals surface area (Å²) in [5.74, 6) is 0.929. The number of aliphatic carboxylic acids is 1. The lowest BCUT2D eigenvalue weighted by atomic mass is 9.78. The molecule has 0 radical (unpaired) electrons. The summed E-state index contributed by atoms with van der Waals surface area (Å²) < 4.78 is 7.08. The summed E-state index contributed by atoms with van der Waals surface area (Å²) in [4.78, 5) is 17.7. The van der Waals surface area contributed by atoms with E-state index in [-0.39, 0.29) is 6.10 Å². The van der Waals surface area contributed by atoms with Crippen molar-refractivity contribution < 1.29 is 14.6 Å². The quantitative estimate of drug-likeness (QED) is 0.230. The highest BCUT2D eigenvalue weighted by Crippen LogP contribution is 2.48. The first-order valence-electron chi connectivity index (χ1n) is 15.2. The van der Waals surface area contributed by atoms with Crippen LogP contribution in [0.25, 0.3) is 37.5 Å². The zero-order valence-electron chi connectivity index (χ0n) is 24.3. The number of nitrogens with zero attached hydrogens (tertiary/aromatic N) is 1. The summed E-state index contributed by atoms with van der Waals surface area (Å²) in [7, 11) is 0. The molecule has 3 aliphatic rings. The predicted octanol–water partition coefficient (Wildman–Crippen LogP) is 10.2. The summed E-state index contributed by atoms with van der Waals surface area (Å²) in [6.07, 6.45) is 8.41. The van der Waals surface area contributed by atoms with Crippen molar-refractivity contribution in [3.05, 3.63) is 81.9 Å². The summed E-state index contributed by atoms with van der Waals surface area (Å²) in [5, 5.41) is 11.9. The van der Waals surface area contributed by atoms with Crippen LogP contribution in [0.1, 0.15) is 86.6 Å². The topological polar surface area (TPSA) is 59.4 Å². The number of aromatic nitrogens is 1. The molecular weight excluding hydrogens is 562 g/mol. The molecule has 1 aromatic heterocycles. The van der Waals surface area contributed by atoms with Gasteiger partial charge in [-0.25, -0.2) is 9.78 Å². The Labute approximate surface area is 256 Å². The highest BCUT2D eigenvalue weighted by atomic mass is 35.5. The van der Waals surface area contributed by atoms with Gasteiger partial charge >= 0.3 is 5.97 Å². The normalized spacial score (nSPS) is 22.7. The lowest BCUT2D eigenvalue weighted by Gasteiger charge is -2.27. The van der Waals surface area contributed by atoms with Gasteiger partial charge in [0.1, 0.15) is 5.01 Å². The van der Waals surface area contributed by atoms with Gasteiger partial charge in [0.2, 0.25) is 0 Å². The smallest absolute Gasteiger partial charge is 0.337 e. The van der Waals surface area contributed by atoms with E-state index in [0.29, 0.717) is 22.4 Å². The van der Waals surface area contributed by atoms with Crippen LogP contribution >= 0.6 is 22.9 Å². The van der Waals surface area contributed by atoms with E-state index in [4.69, 9.17) is 21.3 Å². The molecule has 3 aromatic carbocycles. The second-order valence-corrected chi connectivity index (χ2v) is 14.0. The Balaban J connectivity index is 1.36.